The molecule has 0 aromatic rings. The molecular weight excluding hydrogens is 250 g/mol. The van der Waals surface area contributed by atoms with Crippen molar-refractivity contribution in [2.45, 2.75) is 0 Å². The van der Waals surface area contributed by atoms with E-state index in [2.05, 4.69) is 62.3 Å². The lowest BCUT2D eigenvalue weighted by molar-refractivity contribution is -0.888. The molecule has 0 unspecified atom stereocenters. The second-order valence-electron chi connectivity index (χ2n) is 6.90. The lowest BCUT2D eigenvalue weighted by atomic mass is 10.4. The van der Waals surface area contributed by atoms with Crippen LogP contribution in [0.15, 0.2) is 0 Å². The first-order valence-electron chi connectivity index (χ1n) is 7.75. The van der Waals surface area contributed by atoms with E-state index in [1.165, 1.54) is 13.1 Å². The highest BCUT2D eigenvalue weighted by molar-refractivity contribution is 4.58. The van der Waals surface area contributed by atoms with Crippen molar-refractivity contribution in [3.63, 3.8) is 0 Å². The molecule has 0 fully saturated rings. The van der Waals surface area contributed by atoms with Gasteiger partial charge in [-0.2, -0.15) is 0 Å². The molecule has 0 aliphatic heterocycles. The number of quaternary nitrogens is 1. The van der Waals surface area contributed by atoms with Crippen LogP contribution >= 0.6 is 0 Å². The number of hydrogen-bond donors (Lipinski definition) is 1. The van der Waals surface area contributed by atoms with Crippen LogP contribution in [-0.4, -0.2) is 121 Å². The minimum atomic E-state index is 1.08. The molecule has 0 spiro atoms. The summed E-state index contributed by atoms with van der Waals surface area (Å²) in [7, 11) is 15.4. The van der Waals surface area contributed by atoms with Gasteiger partial charge in [0.2, 0.25) is 0 Å². The molecule has 0 bridgehead atoms. The largest absolute Gasteiger partial charge is 0.326 e. The van der Waals surface area contributed by atoms with E-state index in [1.807, 2.05) is 7.05 Å². The zero-order valence-electron chi connectivity index (χ0n) is 14.9. The summed E-state index contributed by atoms with van der Waals surface area (Å²) in [6.45, 7) is 9.22. The minimum absolute atomic E-state index is 1.08. The maximum Gasteiger partial charge on any atom is 0.0912 e. The highest BCUT2D eigenvalue weighted by Gasteiger charge is 2.15. The van der Waals surface area contributed by atoms with E-state index in [0.717, 1.165) is 43.8 Å². The Morgan fingerprint density at radius 1 is 0.750 bits per heavy atom. The fourth-order valence-electron chi connectivity index (χ4n) is 1.90. The summed E-state index contributed by atoms with van der Waals surface area (Å²) < 4.78 is 1.08. The van der Waals surface area contributed by atoms with Crippen LogP contribution in [0.4, 0.5) is 0 Å². The van der Waals surface area contributed by atoms with Crippen molar-refractivity contribution in [2.75, 3.05) is 102 Å². The summed E-state index contributed by atoms with van der Waals surface area (Å²) in [5.41, 5.74) is 0. The zero-order chi connectivity index (χ0) is 15.6. The third kappa shape index (κ3) is 11.6. The number of nitrogens with one attached hydrogen (secondary N) is 1. The molecule has 0 aromatic heterocycles. The van der Waals surface area contributed by atoms with Gasteiger partial charge in [-0.25, -0.2) is 0 Å². The predicted octanol–water partition coefficient (Wildman–Crippen LogP) is -0.293. The lowest BCUT2D eigenvalue weighted by Crippen LogP contribution is -2.48. The molecule has 0 saturated heterocycles. The molecule has 122 valence electrons. The molecule has 5 heteroatoms. The van der Waals surface area contributed by atoms with Crippen LogP contribution < -0.4 is 5.32 Å². The van der Waals surface area contributed by atoms with Gasteiger partial charge >= 0.3 is 0 Å². The van der Waals surface area contributed by atoms with Crippen molar-refractivity contribution < 1.29 is 4.48 Å². The van der Waals surface area contributed by atoms with Gasteiger partial charge in [0.25, 0.3) is 0 Å². The molecular formula is C15H38N5+. The monoisotopic (exact) mass is 288 g/mol. The fourth-order valence-corrected chi connectivity index (χ4v) is 1.90. The fraction of sp³-hybridized carbons (Fsp3) is 1.00. The molecule has 0 saturated carbocycles. The summed E-state index contributed by atoms with van der Waals surface area (Å²) in [5, 5.41) is 3.23. The highest BCUT2D eigenvalue weighted by Crippen LogP contribution is 1.97. The standard InChI is InChI=1S/C15H38N5/c1-16-8-14-20(6,7)15-13-19(5)12-11-18(4)10-9-17(2)3/h16H,8-15H2,1-7H3/q+1. The Labute approximate surface area is 127 Å². The van der Waals surface area contributed by atoms with E-state index < -0.39 is 0 Å². The zero-order valence-corrected chi connectivity index (χ0v) is 14.9. The number of likely N-dealkylation sites (N-methyl/N-ethyl adjacent to an activating group) is 5. The summed E-state index contributed by atoms with van der Waals surface area (Å²) in [6, 6.07) is 0. The Hall–Kier alpha value is -0.200. The number of nitrogens with zero attached hydrogens (tertiary/aromatic N) is 4. The van der Waals surface area contributed by atoms with Gasteiger partial charge in [0.1, 0.15) is 0 Å². The van der Waals surface area contributed by atoms with Gasteiger partial charge in [0.15, 0.2) is 0 Å². The third-order valence-electron chi connectivity index (χ3n) is 3.85. The van der Waals surface area contributed by atoms with Crippen molar-refractivity contribution in [2.24, 2.45) is 0 Å². The number of rotatable bonds is 12. The van der Waals surface area contributed by atoms with E-state index in [1.54, 1.807) is 0 Å². The average Bonchev–Trinajstić information content (AvgIpc) is 2.38. The van der Waals surface area contributed by atoms with Crippen LogP contribution in [-0.2, 0) is 0 Å². The minimum Gasteiger partial charge on any atom is -0.326 e. The van der Waals surface area contributed by atoms with Gasteiger partial charge in [-0.15, -0.1) is 0 Å². The van der Waals surface area contributed by atoms with E-state index in [9.17, 15) is 0 Å². The van der Waals surface area contributed by atoms with Crippen molar-refractivity contribution in [1.82, 2.24) is 20.0 Å². The molecule has 0 rings (SSSR count). The van der Waals surface area contributed by atoms with Gasteiger partial charge in [0.05, 0.1) is 27.2 Å². The average molecular weight is 289 g/mol. The molecule has 0 aliphatic carbocycles. The van der Waals surface area contributed by atoms with Crippen LogP contribution in [0, 0.1) is 0 Å². The summed E-state index contributed by atoms with van der Waals surface area (Å²) in [4.78, 5) is 7.10. The normalized spacial score (nSPS) is 12.9. The SMILES string of the molecule is CNCC[N+](C)(C)CCN(C)CCN(C)CCN(C)C. The van der Waals surface area contributed by atoms with E-state index in [0.29, 0.717) is 0 Å². The maximum absolute atomic E-state index is 3.23. The molecule has 0 amide bonds. The van der Waals surface area contributed by atoms with Crippen molar-refractivity contribution in [1.29, 1.82) is 0 Å². The highest BCUT2D eigenvalue weighted by atomic mass is 15.3. The predicted molar refractivity (Wildman–Crippen MR) is 89.3 cm³/mol. The molecule has 5 nitrogen and oxygen atoms in total. The molecule has 1 N–H and O–H groups in total. The maximum atomic E-state index is 3.23. The first kappa shape index (κ1) is 19.8. The van der Waals surface area contributed by atoms with Crippen LogP contribution in [0.2, 0.25) is 0 Å². The third-order valence-corrected chi connectivity index (χ3v) is 3.85. The quantitative estimate of drug-likeness (QED) is 0.498. The topological polar surface area (TPSA) is 21.8 Å². The molecule has 0 radical (unpaired) electrons. The van der Waals surface area contributed by atoms with Gasteiger partial charge in [-0.3, -0.25) is 4.90 Å². The van der Waals surface area contributed by atoms with Gasteiger partial charge in [0, 0.05) is 39.3 Å². The van der Waals surface area contributed by atoms with Crippen LogP contribution in [0.25, 0.3) is 0 Å². The van der Waals surface area contributed by atoms with E-state index in [-0.39, 0.29) is 0 Å². The van der Waals surface area contributed by atoms with Crippen LogP contribution in [0.1, 0.15) is 0 Å². The Balaban J connectivity index is 3.74. The Bertz CT molecular complexity index is 230. The Morgan fingerprint density at radius 3 is 1.75 bits per heavy atom. The van der Waals surface area contributed by atoms with Crippen LogP contribution in [0.5, 0.6) is 0 Å². The van der Waals surface area contributed by atoms with Crippen molar-refractivity contribution >= 4 is 0 Å². The Kier molecular flexibility index (Phi) is 10.4. The van der Waals surface area contributed by atoms with E-state index in [4.69, 9.17) is 0 Å². The first-order valence-corrected chi connectivity index (χ1v) is 7.75. The molecule has 0 aromatic carbocycles. The molecule has 0 heterocycles. The smallest absolute Gasteiger partial charge is 0.0912 e. The molecule has 0 aliphatic rings. The van der Waals surface area contributed by atoms with Crippen molar-refractivity contribution in [3.05, 3.63) is 0 Å². The van der Waals surface area contributed by atoms with Gasteiger partial charge in [-0.1, -0.05) is 0 Å². The number of hydrogen-bond acceptors (Lipinski definition) is 4. The van der Waals surface area contributed by atoms with Crippen LogP contribution in [0.3, 0.4) is 0 Å². The van der Waals surface area contributed by atoms with Gasteiger partial charge in [-0.05, 0) is 35.2 Å². The second-order valence-corrected chi connectivity index (χ2v) is 6.90. The Morgan fingerprint density at radius 2 is 1.25 bits per heavy atom. The lowest BCUT2D eigenvalue weighted by Gasteiger charge is -2.32. The van der Waals surface area contributed by atoms with Crippen molar-refractivity contribution in [3.8, 4) is 0 Å². The molecule has 0 atom stereocenters. The summed E-state index contributed by atoms with van der Waals surface area (Å²) in [6.07, 6.45) is 0. The summed E-state index contributed by atoms with van der Waals surface area (Å²) >= 11 is 0. The van der Waals surface area contributed by atoms with E-state index >= 15 is 0 Å². The summed E-state index contributed by atoms with van der Waals surface area (Å²) in [5.74, 6) is 0. The molecule has 20 heavy (non-hydrogen) atoms. The second kappa shape index (κ2) is 10.5. The van der Waals surface area contributed by atoms with Gasteiger partial charge < -0.3 is 19.6 Å². The first-order chi connectivity index (χ1) is 9.26.